The van der Waals surface area contributed by atoms with Crippen LogP contribution in [-0.4, -0.2) is 42.2 Å². The van der Waals surface area contributed by atoms with Crippen LogP contribution in [0.15, 0.2) is 64.5 Å². The fourth-order valence-electron chi connectivity index (χ4n) is 4.22. The molecule has 0 aliphatic heterocycles. The molecule has 0 amide bonds. The van der Waals surface area contributed by atoms with Gasteiger partial charge < -0.3 is 14.2 Å². The van der Waals surface area contributed by atoms with Crippen molar-refractivity contribution in [1.82, 2.24) is 9.66 Å². The molecule has 39 heavy (non-hydrogen) atoms. The first-order chi connectivity index (χ1) is 18.6. The van der Waals surface area contributed by atoms with Crippen molar-refractivity contribution < 1.29 is 19.0 Å². The maximum absolute atomic E-state index is 13.7. The zero-order valence-corrected chi connectivity index (χ0v) is 23.4. The molecule has 3 aromatic carbocycles. The first-order valence-electron chi connectivity index (χ1n) is 12.4. The van der Waals surface area contributed by atoms with Crippen LogP contribution in [0.25, 0.3) is 22.3 Å². The summed E-state index contributed by atoms with van der Waals surface area (Å²) in [6.45, 7) is 7.67. The predicted molar refractivity (Wildman–Crippen MR) is 153 cm³/mol. The Labute approximate surface area is 231 Å². The van der Waals surface area contributed by atoms with Gasteiger partial charge in [-0.15, -0.1) is 0 Å². The van der Waals surface area contributed by atoms with E-state index in [1.807, 2.05) is 25.1 Å². The number of esters is 1. The largest absolute Gasteiger partial charge is 0.496 e. The van der Waals surface area contributed by atoms with E-state index in [-0.39, 0.29) is 11.5 Å². The van der Waals surface area contributed by atoms with Gasteiger partial charge in [0.1, 0.15) is 11.5 Å². The van der Waals surface area contributed by atoms with Gasteiger partial charge in [-0.3, -0.25) is 4.79 Å². The Morgan fingerprint density at radius 1 is 1.05 bits per heavy atom. The fraction of sp³-hybridized carbons (Fsp3) is 0.267. The Kier molecular flexibility index (Phi) is 8.35. The summed E-state index contributed by atoms with van der Waals surface area (Å²) in [4.78, 5) is 30.5. The quantitative estimate of drug-likeness (QED) is 0.199. The van der Waals surface area contributed by atoms with E-state index in [1.165, 1.54) is 18.0 Å². The molecule has 1 aromatic heterocycles. The molecule has 4 aromatic rings. The highest BCUT2D eigenvalue weighted by Gasteiger charge is 2.19. The van der Waals surface area contributed by atoms with Gasteiger partial charge in [0.05, 0.1) is 31.3 Å². The van der Waals surface area contributed by atoms with E-state index in [2.05, 4.69) is 18.9 Å². The summed E-state index contributed by atoms with van der Waals surface area (Å²) >= 11 is 6.26. The number of carbonyl (C=O) groups is 1. The molecule has 1 heterocycles. The zero-order chi connectivity index (χ0) is 28.3. The van der Waals surface area contributed by atoms with Crippen LogP contribution in [0.3, 0.4) is 0 Å². The molecule has 1 atom stereocenters. The maximum atomic E-state index is 13.7. The SMILES string of the molecule is COC(=O)[C@H](C)Oc1ccc(Cl)cc1C=Nn1c(-c2cc(C(C)C)c(OC)cc2C)nc2ccccc2c1=O. The summed E-state index contributed by atoms with van der Waals surface area (Å²) in [6, 6.07) is 16.0. The minimum Gasteiger partial charge on any atom is -0.496 e. The first-order valence-corrected chi connectivity index (χ1v) is 12.8. The molecular formula is C30H30ClN3O5. The second-order valence-electron chi connectivity index (χ2n) is 9.34. The molecule has 0 radical (unpaired) electrons. The van der Waals surface area contributed by atoms with Gasteiger partial charge in [-0.25, -0.2) is 9.78 Å². The monoisotopic (exact) mass is 547 g/mol. The molecule has 0 spiro atoms. The van der Waals surface area contributed by atoms with E-state index in [0.29, 0.717) is 33.1 Å². The first kappa shape index (κ1) is 27.9. The van der Waals surface area contributed by atoms with Crippen molar-refractivity contribution in [3.63, 3.8) is 0 Å². The average molecular weight is 548 g/mol. The molecule has 0 aliphatic rings. The molecule has 0 bridgehead atoms. The number of aromatic nitrogens is 2. The fourth-order valence-corrected chi connectivity index (χ4v) is 4.40. The van der Waals surface area contributed by atoms with Gasteiger partial charge in [-0.05, 0) is 73.4 Å². The zero-order valence-electron chi connectivity index (χ0n) is 22.7. The number of halogens is 1. The molecular weight excluding hydrogens is 518 g/mol. The lowest BCUT2D eigenvalue weighted by atomic mass is 9.96. The van der Waals surface area contributed by atoms with Crippen LogP contribution in [0.2, 0.25) is 5.02 Å². The molecule has 0 N–H and O–H groups in total. The summed E-state index contributed by atoms with van der Waals surface area (Å²) in [6.07, 6.45) is 0.606. The lowest BCUT2D eigenvalue weighted by Gasteiger charge is -2.17. The summed E-state index contributed by atoms with van der Waals surface area (Å²) in [5, 5.41) is 5.43. The lowest BCUT2D eigenvalue weighted by molar-refractivity contribution is -0.147. The Morgan fingerprint density at radius 3 is 2.49 bits per heavy atom. The molecule has 9 heteroatoms. The van der Waals surface area contributed by atoms with Gasteiger partial charge in [0, 0.05) is 16.1 Å². The highest BCUT2D eigenvalue weighted by molar-refractivity contribution is 6.30. The maximum Gasteiger partial charge on any atom is 0.346 e. The molecule has 0 saturated carbocycles. The Bertz CT molecular complexity index is 1630. The van der Waals surface area contributed by atoms with E-state index in [9.17, 15) is 9.59 Å². The molecule has 8 nitrogen and oxygen atoms in total. The molecule has 0 fully saturated rings. The minimum atomic E-state index is -0.861. The number of ether oxygens (including phenoxy) is 3. The number of hydrogen-bond acceptors (Lipinski definition) is 7. The summed E-state index contributed by atoms with van der Waals surface area (Å²) in [5.74, 6) is 1.15. The Morgan fingerprint density at radius 2 is 1.79 bits per heavy atom. The number of fused-ring (bicyclic) bond motifs is 1. The van der Waals surface area contributed by atoms with Crippen LogP contribution >= 0.6 is 11.6 Å². The van der Waals surface area contributed by atoms with Gasteiger partial charge >= 0.3 is 5.97 Å². The van der Waals surface area contributed by atoms with Gasteiger partial charge in [0.15, 0.2) is 11.9 Å². The number of nitrogens with zero attached hydrogens (tertiary/aromatic N) is 3. The predicted octanol–water partition coefficient (Wildman–Crippen LogP) is 5.98. The van der Waals surface area contributed by atoms with E-state index in [0.717, 1.165) is 22.4 Å². The highest BCUT2D eigenvalue weighted by Crippen LogP contribution is 2.34. The third-order valence-electron chi connectivity index (χ3n) is 6.31. The normalized spacial score (nSPS) is 12.2. The van der Waals surface area contributed by atoms with E-state index in [4.69, 9.17) is 30.8 Å². The Hall–Kier alpha value is -4.17. The number of benzene rings is 3. The van der Waals surface area contributed by atoms with Crippen LogP contribution in [0.1, 0.15) is 43.4 Å². The van der Waals surface area contributed by atoms with Crippen molar-refractivity contribution in [2.45, 2.75) is 39.7 Å². The van der Waals surface area contributed by atoms with Crippen LogP contribution < -0.4 is 15.0 Å². The van der Waals surface area contributed by atoms with Crippen LogP contribution in [0.4, 0.5) is 0 Å². The summed E-state index contributed by atoms with van der Waals surface area (Å²) in [7, 11) is 2.93. The summed E-state index contributed by atoms with van der Waals surface area (Å²) < 4.78 is 17.5. The minimum absolute atomic E-state index is 0.173. The average Bonchev–Trinajstić information content (AvgIpc) is 2.92. The number of aryl methyl sites for hydroxylation is 1. The molecule has 0 aliphatic carbocycles. The number of carbonyl (C=O) groups excluding carboxylic acids is 1. The van der Waals surface area contributed by atoms with Crippen molar-refractivity contribution in [3.05, 3.63) is 86.7 Å². The third kappa shape index (κ3) is 5.81. The molecule has 0 unspecified atom stereocenters. The number of hydrogen-bond donors (Lipinski definition) is 0. The van der Waals surface area contributed by atoms with Crippen molar-refractivity contribution in [3.8, 4) is 22.9 Å². The Balaban J connectivity index is 1.93. The van der Waals surface area contributed by atoms with Crippen molar-refractivity contribution in [2.75, 3.05) is 14.2 Å². The summed E-state index contributed by atoms with van der Waals surface area (Å²) in [5.41, 5.74) is 3.31. The van der Waals surface area contributed by atoms with Gasteiger partial charge in [0.2, 0.25) is 0 Å². The lowest BCUT2D eigenvalue weighted by Crippen LogP contribution is -2.25. The third-order valence-corrected chi connectivity index (χ3v) is 6.55. The molecule has 0 saturated heterocycles. The van der Waals surface area contributed by atoms with Crippen LogP contribution in [0, 0.1) is 6.92 Å². The van der Waals surface area contributed by atoms with Crippen molar-refractivity contribution in [1.29, 1.82) is 0 Å². The van der Waals surface area contributed by atoms with Gasteiger partial charge in [-0.1, -0.05) is 37.6 Å². The van der Waals surface area contributed by atoms with E-state index < -0.39 is 12.1 Å². The smallest absolute Gasteiger partial charge is 0.346 e. The van der Waals surface area contributed by atoms with Crippen LogP contribution in [-0.2, 0) is 9.53 Å². The van der Waals surface area contributed by atoms with Crippen molar-refractivity contribution in [2.24, 2.45) is 5.10 Å². The van der Waals surface area contributed by atoms with E-state index >= 15 is 0 Å². The van der Waals surface area contributed by atoms with E-state index in [1.54, 1.807) is 50.4 Å². The number of rotatable bonds is 8. The molecule has 4 rings (SSSR count). The van der Waals surface area contributed by atoms with Crippen LogP contribution in [0.5, 0.6) is 11.5 Å². The highest BCUT2D eigenvalue weighted by atomic mass is 35.5. The second kappa shape index (κ2) is 11.7. The standard InChI is InChI=1S/C30H30ClN3O5/c1-17(2)23-15-24(18(3)13-27(23)37-5)28-33-25-10-8-7-9-22(25)29(35)34(28)32-16-20-14-21(31)11-12-26(20)39-19(4)30(36)38-6/h7-17,19H,1-6H3/t19-/m0/s1. The number of para-hydroxylation sites is 1. The second-order valence-corrected chi connectivity index (χ2v) is 9.78. The van der Waals surface area contributed by atoms with Crippen molar-refractivity contribution >= 4 is 34.7 Å². The van der Waals surface area contributed by atoms with Gasteiger partial charge in [-0.2, -0.15) is 9.78 Å². The number of methoxy groups -OCH3 is 2. The van der Waals surface area contributed by atoms with Gasteiger partial charge in [0.25, 0.3) is 5.56 Å². The molecule has 202 valence electrons. The topological polar surface area (TPSA) is 92.0 Å².